The number of benzene rings is 1. The van der Waals surface area contributed by atoms with Crippen molar-refractivity contribution in [2.75, 3.05) is 12.4 Å². The first-order valence-electron chi connectivity index (χ1n) is 6.39. The number of halogens is 2. The topological polar surface area (TPSA) is 88.5 Å². The molecule has 0 atom stereocenters. The predicted octanol–water partition coefficient (Wildman–Crippen LogP) is 3.66. The maximum atomic E-state index is 12.4. The number of aromatic nitrogens is 1. The van der Waals surface area contributed by atoms with Crippen molar-refractivity contribution < 1.29 is 19.4 Å². The van der Waals surface area contributed by atoms with Crippen LogP contribution in [0.4, 0.5) is 5.69 Å². The number of pyridine rings is 1. The highest BCUT2D eigenvalue weighted by Gasteiger charge is 2.22. The molecule has 23 heavy (non-hydrogen) atoms. The molecule has 1 heterocycles. The Labute approximate surface area is 142 Å². The lowest BCUT2D eigenvalue weighted by Gasteiger charge is -2.12. The number of aromatic carboxylic acids is 1. The van der Waals surface area contributed by atoms with Crippen LogP contribution in [0.3, 0.4) is 0 Å². The van der Waals surface area contributed by atoms with Crippen LogP contribution >= 0.6 is 23.2 Å². The molecule has 2 rings (SSSR count). The summed E-state index contributed by atoms with van der Waals surface area (Å²) in [6.07, 6.45) is 0. The van der Waals surface area contributed by atoms with E-state index in [-0.39, 0.29) is 16.5 Å². The van der Waals surface area contributed by atoms with E-state index in [0.29, 0.717) is 16.3 Å². The molecule has 0 saturated heterocycles. The van der Waals surface area contributed by atoms with E-state index < -0.39 is 17.6 Å². The van der Waals surface area contributed by atoms with E-state index in [4.69, 9.17) is 27.9 Å². The average Bonchev–Trinajstić information content (AvgIpc) is 2.51. The molecule has 0 radical (unpaired) electrons. The summed E-state index contributed by atoms with van der Waals surface area (Å²) >= 11 is 11.9. The third kappa shape index (κ3) is 3.55. The molecule has 1 aromatic carbocycles. The summed E-state index contributed by atoms with van der Waals surface area (Å²) in [5, 5.41) is 12.3. The van der Waals surface area contributed by atoms with Gasteiger partial charge < -0.3 is 15.2 Å². The van der Waals surface area contributed by atoms with E-state index in [1.807, 2.05) is 0 Å². The first-order chi connectivity index (χ1) is 10.8. The highest BCUT2D eigenvalue weighted by Crippen LogP contribution is 2.27. The van der Waals surface area contributed by atoms with Gasteiger partial charge in [0.25, 0.3) is 5.91 Å². The molecule has 120 valence electrons. The van der Waals surface area contributed by atoms with E-state index in [1.165, 1.54) is 13.2 Å². The van der Waals surface area contributed by atoms with Crippen LogP contribution in [0, 0.1) is 6.92 Å². The number of carbonyl (C=O) groups is 2. The van der Waals surface area contributed by atoms with E-state index in [9.17, 15) is 14.7 Å². The number of hydrogen-bond donors (Lipinski definition) is 2. The fourth-order valence-electron chi connectivity index (χ4n) is 1.88. The first kappa shape index (κ1) is 17.1. The van der Waals surface area contributed by atoms with Crippen LogP contribution in [0.25, 0.3) is 0 Å². The molecule has 8 heteroatoms. The van der Waals surface area contributed by atoms with E-state index in [0.717, 1.165) is 0 Å². The quantitative estimate of drug-likeness (QED) is 0.874. The number of amides is 1. The van der Waals surface area contributed by atoms with Crippen molar-refractivity contribution in [1.82, 2.24) is 4.98 Å². The SMILES string of the molecule is COc1nc(C(=O)O)c(C(=O)Nc2cccc(Cl)c2C)cc1Cl. The van der Waals surface area contributed by atoms with Crippen LogP contribution in [-0.2, 0) is 0 Å². The standard InChI is InChI=1S/C15H12Cl2N2O4/c1-7-9(16)4-3-5-11(7)18-13(20)8-6-10(17)14(23-2)19-12(8)15(21)22/h3-6H,1-2H3,(H,18,20)(H,21,22). The van der Waals surface area contributed by atoms with Crippen LogP contribution in [0.2, 0.25) is 10.0 Å². The van der Waals surface area contributed by atoms with Gasteiger partial charge in [0.1, 0.15) is 5.02 Å². The number of rotatable bonds is 4. The van der Waals surface area contributed by atoms with Crippen molar-refractivity contribution in [1.29, 1.82) is 0 Å². The zero-order valence-corrected chi connectivity index (χ0v) is 13.7. The van der Waals surface area contributed by atoms with Crippen molar-refractivity contribution in [2.45, 2.75) is 6.92 Å². The fourth-order valence-corrected chi connectivity index (χ4v) is 2.29. The minimum atomic E-state index is -1.37. The minimum absolute atomic E-state index is 0.0328. The van der Waals surface area contributed by atoms with Gasteiger partial charge in [0.15, 0.2) is 5.69 Å². The van der Waals surface area contributed by atoms with Gasteiger partial charge >= 0.3 is 5.97 Å². The van der Waals surface area contributed by atoms with E-state index >= 15 is 0 Å². The molecule has 2 N–H and O–H groups in total. The predicted molar refractivity (Wildman–Crippen MR) is 86.9 cm³/mol. The second kappa shape index (κ2) is 6.85. The molecule has 0 saturated carbocycles. The molecule has 2 aromatic rings. The molecule has 1 aromatic heterocycles. The summed E-state index contributed by atoms with van der Waals surface area (Å²) in [5.41, 5.74) is 0.490. The Hall–Kier alpha value is -2.31. The second-order valence-corrected chi connectivity index (χ2v) is 5.36. The van der Waals surface area contributed by atoms with Gasteiger partial charge in [-0.05, 0) is 30.7 Å². The number of carbonyl (C=O) groups excluding carboxylic acids is 1. The second-order valence-electron chi connectivity index (χ2n) is 4.55. The molecule has 0 unspecified atom stereocenters. The molecule has 1 amide bonds. The highest BCUT2D eigenvalue weighted by molar-refractivity contribution is 6.33. The zero-order chi connectivity index (χ0) is 17.1. The lowest BCUT2D eigenvalue weighted by atomic mass is 10.1. The molecular weight excluding hydrogens is 343 g/mol. The summed E-state index contributed by atoms with van der Waals surface area (Å²) in [6.45, 7) is 1.73. The van der Waals surface area contributed by atoms with Gasteiger partial charge in [0.2, 0.25) is 5.88 Å². The number of methoxy groups -OCH3 is 1. The Kier molecular flexibility index (Phi) is 5.08. The molecule has 0 aliphatic carbocycles. The summed E-state index contributed by atoms with van der Waals surface area (Å²) in [7, 11) is 1.30. The van der Waals surface area contributed by atoms with Crippen molar-refractivity contribution >= 4 is 40.8 Å². The van der Waals surface area contributed by atoms with Crippen LogP contribution < -0.4 is 10.1 Å². The van der Waals surface area contributed by atoms with Gasteiger partial charge in [-0.1, -0.05) is 29.3 Å². The molecule has 0 bridgehead atoms. The lowest BCUT2D eigenvalue weighted by molar-refractivity contribution is 0.0685. The maximum absolute atomic E-state index is 12.4. The van der Waals surface area contributed by atoms with Gasteiger partial charge in [-0.2, -0.15) is 0 Å². The van der Waals surface area contributed by atoms with Crippen molar-refractivity contribution in [3.8, 4) is 5.88 Å². The fraction of sp³-hybridized carbons (Fsp3) is 0.133. The molecule has 0 spiro atoms. The summed E-state index contributed by atoms with van der Waals surface area (Å²) in [4.78, 5) is 27.5. The number of nitrogens with one attached hydrogen (secondary N) is 1. The Morgan fingerprint density at radius 1 is 1.26 bits per heavy atom. The third-order valence-electron chi connectivity index (χ3n) is 3.10. The smallest absolute Gasteiger partial charge is 0.355 e. The number of carboxylic acids is 1. The van der Waals surface area contributed by atoms with Crippen LogP contribution in [0.5, 0.6) is 5.88 Å². The summed E-state index contributed by atoms with van der Waals surface area (Å²) < 4.78 is 4.87. The average molecular weight is 355 g/mol. The summed E-state index contributed by atoms with van der Waals surface area (Å²) in [6, 6.07) is 6.20. The molecule has 0 aliphatic heterocycles. The Morgan fingerprint density at radius 3 is 2.57 bits per heavy atom. The van der Waals surface area contributed by atoms with Crippen molar-refractivity contribution in [3.05, 3.63) is 51.1 Å². The van der Waals surface area contributed by atoms with E-state index in [1.54, 1.807) is 25.1 Å². The molecular formula is C15H12Cl2N2O4. The Balaban J connectivity index is 2.44. The first-order valence-corrected chi connectivity index (χ1v) is 7.15. The number of nitrogens with zero attached hydrogens (tertiary/aromatic N) is 1. The number of hydrogen-bond acceptors (Lipinski definition) is 4. The van der Waals surface area contributed by atoms with Crippen LogP contribution in [-0.4, -0.2) is 29.1 Å². The van der Waals surface area contributed by atoms with Gasteiger partial charge in [-0.15, -0.1) is 0 Å². The van der Waals surface area contributed by atoms with Gasteiger partial charge in [-0.3, -0.25) is 4.79 Å². The van der Waals surface area contributed by atoms with Gasteiger partial charge in [0.05, 0.1) is 12.7 Å². The minimum Gasteiger partial charge on any atom is -0.480 e. The van der Waals surface area contributed by atoms with Crippen molar-refractivity contribution in [3.63, 3.8) is 0 Å². The molecule has 6 nitrogen and oxygen atoms in total. The lowest BCUT2D eigenvalue weighted by Crippen LogP contribution is -2.18. The normalized spacial score (nSPS) is 10.3. The van der Waals surface area contributed by atoms with Gasteiger partial charge in [-0.25, -0.2) is 9.78 Å². The largest absolute Gasteiger partial charge is 0.480 e. The zero-order valence-electron chi connectivity index (χ0n) is 12.2. The Morgan fingerprint density at radius 2 is 1.96 bits per heavy atom. The maximum Gasteiger partial charge on any atom is 0.355 e. The number of ether oxygens (including phenoxy) is 1. The van der Waals surface area contributed by atoms with Crippen molar-refractivity contribution in [2.24, 2.45) is 0 Å². The summed E-state index contributed by atoms with van der Waals surface area (Å²) in [5.74, 6) is -2.10. The van der Waals surface area contributed by atoms with Crippen LogP contribution in [0.15, 0.2) is 24.3 Å². The van der Waals surface area contributed by atoms with Gasteiger partial charge in [0, 0.05) is 10.7 Å². The monoisotopic (exact) mass is 354 g/mol. The molecule has 0 aliphatic rings. The Bertz CT molecular complexity index is 793. The molecule has 0 fully saturated rings. The third-order valence-corrected chi connectivity index (χ3v) is 3.78. The highest BCUT2D eigenvalue weighted by atomic mass is 35.5. The van der Waals surface area contributed by atoms with Crippen LogP contribution in [0.1, 0.15) is 26.4 Å². The number of anilines is 1. The van der Waals surface area contributed by atoms with E-state index in [2.05, 4.69) is 10.3 Å². The number of carboxylic acid groups (broad SMARTS) is 1.